The Bertz CT molecular complexity index is 280. The monoisotopic (exact) mass is 225 g/mol. The van der Waals surface area contributed by atoms with Crippen molar-refractivity contribution in [1.29, 1.82) is 0 Å². The zero-order chi connectivity index (χ0) is 10.7. The van der Waals surface area contributed by atoms with Crippen LogP contribution in [-0.2, 0) is 4.74 Å². The third-order valence-electron chi connectivity index (χ3n) is 3.08. The van der Waals surface area contributed by atoms with Gasteiger partial charge in [0.2, 0.25) is 0 Å². The van der Waals surface area contributed by atoms with Crippen LogP contribution in [0.3, 0.4) is 0 Å². The second-order valence-corrected chi connectivity index (χ2v) is 5.07. The van der Waals surface area contributed by atoms with Crippen LogP contribution in [0.5, 0.6) is 0 Å². The van der Waals surface area contributed by atoms with Crippen LogP contribution in [0.1, 0.15) is 38.3 Å². The highest BCUT2D eigenvalue weighted by Gasteiger charge is 2.23. The minimum atomic E-state index is 0.408. The van der Waals surface area contributed by atoms with Crippen LogP contribution in [0.2, 0.25) is 0 Å². The largest absolute Gasteiger partial charge is 0.377 e. The van der Waals surface area contributed by atoms with Crippen LogP contribution in [0.15, 0.2) is 16.8 Å². The number of rotatable bonds is 4. The molecule has 1 fully saturated rings. The van der Waals surface area contributed by atoms with E-state index in [1.54, 1.807) is 11.3 Å². The molecule has 0 aromatic carbocycles. The molecule has 2 nitrogen and oxygen atoms in total. The zero-order valence-corrected chi connectivity index (χ0v) is 10.2. The average Bonchev–Trinajstić information content (AvgIpc) is 2.91. The van der Waals surface area contributed by atoms with Gasteiger partial charge in [0.15, 0.2) is 0 Å². The summed E-state index contributed by atoms with van der Waals surface area (Å²) in [6, 6.07) is 3.06. The third kappa shape index (κ3) is 2.80. The fraction of sp³-hybridized carbons (Fsp3) is 0.667. The Balaban J connectivity index is 1.85. The Morgan fingerprint density at radius 1 is 1.53 bits per heavy atom. The highest BCUT2D eigenvalue weighted by Crippen LogP contribution is 2.20. The summed E-state index contributed by atoms with van der Waals surface area (Å²) >= 11 is 1.76. The molecule has 15 heavy (non-hydrogen) atoms. The number of hydrogen-bond donors (Lipinski definition) is 1. The minimum absolute atomic E-state index is 0.408. The van der Waals surface area contributed by atoms with E-state index in [1.807, 2.05) is 0 Å². The quantitative estimate of drug-likeness (QED) is 0.850. The van der Waals surface area contributed by atoms with Crippen molar-refractivity contribution < 1.29 is 4.74 Å². The fourth-order valence-electron chi connectivity index (χ4n) is 2.12. The molecule has 1 aliphatic rings. The molecule has 0 bridgehead atoms. The van der Waals surface area contributed by atoms with Crippen LogP contribution in [0, 0.1) is 0 Å². The van der Waals surface area contributed by atoms with Crippen molar-refractivity contribution in [2.45, 2.75) is 44.9 Å². The van der Waals surface area contributed by atoms with Gasteiger partial charge in [0.1, 0.15) is 0 Å². The molecule has 2 heterocycles. The van der Waals surface area contributed by atoms with Crippen LogP contribution in [0.4, 0.5) is 0 Å². The van der Waals surface area contributed by atoms with E-state index in [0.29, 0.717) is 18.2 Å². The Morgan fingerprint density at radius 2 is 2.40 bits per heavy atom. The standard InChI is InChI=1S/C12H19NOS/c1-9(11-5-7-15-8-11)13-10(2)12-4-3-6-14-12/h5,7-10,12-13H,3-4,6H2,1-2H3. The van der Waals surface area contributed by atoms with Gasteiger partial charge in [-0.25, -0.2) is 0 Å². The van der Waals surface area contributed by atoms with E-state index >= 15 is 0 Å². The Morgan fingerprint density at radius 3 is 3.00 bits per heavy atom. The third-order valence-corrected chi connectivity index (χ3v) is 3.78. The maximum Gasteiger partial charge on any atom is 0.0726 e. The van der Waals surface area contributed by atoms with Crippen LogP contribution < -0.4 is 5.32 Å². The smallest absolute Gasteiger partial charge is 0.0726 e. The summed E-state index contributed by atoms with van der Waals surface area (Å²) in [7, 11) is 0. The maximum absolute atomic E-state index is 5.67. The molecule has 3 atom stereocenters. The summed E-state index contributed by atoms with van der Waals surface area (Å²) < 4.78 is 5.67. The van der Waals surface area contributed by atoms with E-state index in [-0.39, 0.29) is 0 Å². The second-order valence-electron chi connectivity index (χ2n) is 4.29. The van der Waals surface area contributed by atoms with Crippen molar-refractivity contribution >= 4 is 11.3 Å². The predicted octanol–water partition coefficient (Wildman–Crippen LogP) is 2.97. The van der Waals surface area contributed by atoms with E-state index < -0.39 is 0 Å². The van der Waals surface area contributed by atoms with Crippen molar-refractivity contribution in [3.05, 3.63) is 22.4 Å². The molecule has 1 aromatic rings. The number of ether oxygens (including phenoxy) is 1. The highest BCUT2D eigenvalue weighted by atomic mass is 32.1. The van der Waals surface area contributed by atoms with Crippen molar-refractivity contribution in [3.8, 4) is 0 Å². The van der Waals surface area contributed by atoms with E-state index in [1.165, 1.54) is 18.4 Å². The first-order valence-electron chi connectivity index (χ1n) is 5.67. The van der Waals surface area contributed by atoms with Gasteiger partial charge in [-0.1, -0.05) is 0 Å². The molecule has 1 N–H and O–H groups in total. The predicted molar refractivity (Wildman–Crippen MR) is 64.3 cm³/mol. The van der Waals surface area contributed by atoms with Crippen molar-refractivity contribution in [2.24, 2.45) is 0 Å². The molecule has 84 valence electrons. The molecule has 0 spiro atoms. The number of hydrogen-bond acceptors (Lipinski definition) is 3. The van der Waals surface area contributed by atoms with Crippen LogP contribution in [-0.4, -0.2) is 18.8 Å². The van der Waals surface area contributed by atoms with Gasteiger partial charge in [-0.2, -0.15) is 11.3 Å². The van der Waals surface area contributed by atoms with E-state index in [0.717, 1.165) is 6.61 Å². The van der Waals surface area contributed by atoms with Gasteiger partial charge in [-0.3, -0.25) is 0 Å². The Kier molecular flexibility index (Phi) is 3.78. The van der Waals surface area contributed by atoms with Crippen molar-refractivity contribution in [3.63, 3.8) is 0 Å². The maximum atomic E-state index is 5.67. The SMILES string of the molecule is CC(NC(C)C1CCCO1)c1ccsc1. The normalized spacial score (nSPS) is 25.3. The summed E-state index contributed by atoms with van der Waals surface area (Å²) in [5.74, 6) is 0. The molecular weight excluding hydrogens is 206 g/mol. The van der Waals surface area contributed by atoms with Crippen LogP contribution in [0.25, 0.3) is 0 Å². The van der Waals surface area contributed by atoms with E-state index in [4.69, 9.17) is 4.74 Å². The molecule has 3 unspecified atom stereocenters. The average molecular weight is 225 g/mol. The summed E-state index contributed by atoms with van der Waals surface area (Å²) in [6.07, 6.45) is 2.82. The Labute approximate surface area is 95.6 Å². The van der Waals surface area contributed by atoms with Gasteiger partial charge in [0.05, 0.1) is 6.10 Å². The molecule has 2 rings (SSSR count). The summed E-state index contributed by atoms with van der Waals surface area (Å²) in [5.41, 5.74) is 1.38. The second kappa shape index (κ2) is 5.10. The lowest BCUT2D eigenvalue weighted by Gasteiger charge is -2.24. The summed E-state index contributed by atoms with van der Waals surface area (Å²) in [6.45, 7) is 5.37. The minimum Gasteiger partial charge on any atom is -0.377 e. The van der Waals surface area contributed by atoms with E-state index in [2.05, 4.69) is 36.0 Å². The molecule has 0 radical (unpaired) electrons. The topological polar surface area (TPSA) is 21.3 Å². The summed E-state index contributed by atoms with van der Waals surface area (Å²) in [4.78, 5) is 0. The van der Waals surface area contributed by atoms with Crippen LogP contribution >= 0.6 is 11.3 Å². The van der Waals surface area contributed by atoms with Gasteiger partial charge in [0.25, 0.3) is 0 Å². The van der Waals surface area contributed by atoms with E-state index in [9.17, 15) is 0 Å². The lowest BCUT2D eigenvalue weighted by Crippen LogP contribution is -2.38. The first kappa shape index (κ1) is 11.1. The van der Waals surface area contributed by atoms with Gasteiger partial charge in [0, 0.05) is 18.7 Å². The highest BCUT2D eigenvalue weighted by molar-refractivity contribution is 7.07. The van der Waals surface area contributed by atoms with Gasteiger partial charge < -0.3 is 10.1 Å². The molecule has 1 aliphatic heterocycles. The fourth-order valence-corrected chi connectivity index (χ4v) is 2.87. The zero-order valence-electron chi connectivity index (χ0n) is 9.40. The molecule has 0 saturated carbocycles. The lowest BCUT2D eigenvalue weighted by molar-refractivity contribution is 0.0804. The molecular formula is C12H19NOS. The lowest BCUT2D eigenvalue weighted by atomic mass is 10.1. The first-order valence-corrected chi connectivity index (χ1v) is 6.61. The molecule has 0 aliphatic carbocycles. The van der Waals surface area contributed by atoms with Gasteiger partial charge in [-0.15, -0.1) is 0 Å². The van der Waals surface area contributed by atoms with Gasteiger partial charge in [-0.05, 0) is 49.1 Å². The van der Waals surface area contributed by atoms with Crippen molar-refractivity contribution in [1.82, 2.24) is 5.32 Å². The Hall–Kier alpha value is -0.380. The summed E-state index contributed by atoms with van der Waals surface area (Å²) in [5, 5.41) is 7.94. The number of thiophene rings is 1. The number of nitrogens with one attached hydrogen (secondary N) is 1. The molecule has 0 amide bonds. The molecule has 1 aromatic heterocycles. The first-order chi connectivity index (χ1) is 7.27. The van der Waals surface area contributed by atoms with Crippen molar-refractivity contribution in [2.75, 3.05) is 6.61 Å². The van der Waals surface area contributed by atoms with Gasteiger partial charge >= 0.3 is 0 Å². The molecule has 3 heteroatoms. The molecule has 1 saturated heterocycles.